The van der Waals surface area contributed by atoms with Crippen LogP contribution in [0.25, 0.3) is 10.9 Å². The number of halogens is 5. The molecule has 0 radical (unpaired) electrons. The molecular formula is C25H19F5N2O3S. The van der Waals surface area contributed by atoms with Gasteiger partial charge in [-0.05, 0) is 29.8 Å². The number of hydrogen-bond donors (Lipinski definition) is 2. The van der Waals surface area contributed by atoms with Gasteiger partial charge in [-0.2, -0.15) is 24.1 Å². The van der Waals surface area contributed by atoms with E-state index in [0.29, 0.717) is 12.1 Å². The van der Waals surface area contributed by atoms with Gasteiger partial charge in [0.25, 0.3) is 5.56 Å². The second-order valence-electron chi connectivity index (χ2n) is 8.38. The summed E-state index contributed by atoms with van der Waals surface area (Å²) in [5.74, 6) is -1.70. The van der Waals surface area contributed by atoms with Crippen LogP contribution in [-0.2, 0) is 24.1 Å². The van der Waals surface area contributed by atoms with E-state index in [2.05, 4.69) is 4.98 Å². The van der Waals surface area contributed by atoms with Gasteiger partial charge < -0.3 is 4.74 Å². The van der Waals surface area contributed by atoms with Crippen LogP contribution in [-0.4, -0.2) is 21.4 Å². The highest BCUT2D eigenvalue weighted by atomic mass is 32.2. The first-order valence-electron chi connectivity index (χ1n) is 10.9. The van der Waals surface area contributed by atoms with Gasteiger partial charge in [0.1, 0.15) is 11.6 Å². The fourth-order valence-corrected chi connectivity index (χ4v) is 6.99. The number of nitrogens with zero attached hydrogens (tertiary/aromatic N) is 1. The zero-order valence-electron chi connectivity index (χ0n) is 18.5. The largest absolute Gasteiger partial charge is 0.416 e. The van der Waals surface area contributed by atoms with Crippen LogP contribution in [0.2, 0.25) is 0 Å². The number of benzene rings is 3. The summed E-state index contributed by atoms with van der Waals surface area (Å²) in [5, 5.41) is -0.335. The molecule has 1 unspecified atom stereocenters. The summed E-state index contributed by atoms with van der Waals surface area (Å²) in [6, 6.07) is 13.5. The zero-order valence-corrected chi connectivity index (χ0v) is 19.4. The highest BCUT2D eigenvalue weighted by Gasteiger charge is 2.35. The van der Waals surface area contributed by atoms with Crippen LogP contribution in [0, 0.1) is 11.6 Å². The topological polar surface area (TPSA) is 64.1 Å². The molecule has 2 heterocycles. The van der Waals surface area contributed by atoms with Gasteiger partial charge in [-0.15, -0.1) is 0 Å². The molecule has 0 saturated carbocycles. The van der Waals surface area contributed by atoms with E-state index in [-0.39, 0.29) is 39.6 Å². The highest BCUT2D eigenvalue weighted by Crippen LogP contribution is 2.51. The molecule has 0 fully saturated rings. The molecule has 4 aromatic rings. The third-order valence-corrected chi connectivity index (χ3v) is 8.63. The Morgan fingerprint density at radius 1 is 1.00 bits per heavy atom. The van der Waals surface area contributed by atoms with E-state index in [4.69, 9.17) is 4.74 Å². The molecule has 0 aliphatic carbocycles. The van der Waals surface area contributed by atoms with Gasteiger partial charge in [0.2, 0.25) is 0 Å². The maximum atomic E-state index is 15.0. The SMILES string of the molecule is O=c1[nH]c(=O)n2c3c(cc(C(F)(F)F)cc13)[SH](c1ccc(F)cc1F)C[C@@H](OCc1ccccc1)C2. The van der Waals surface area contributed by atoms with Gasteiger partial charge in [0.15, 0.2) is 0 Å². The second kappa shape index (κ2) is 9.21. The lowest BCUT2D eigenvalue weighted by atomic mass is 10.1. The zero-order chi connectivity index (χ0) is 25.6. The van der Waals surface area contributed by atoms with Gasteiger partial charge in [-0.25, -0.2) is 13.6 Å². The van der Waals surface area contributed by atoms with Crippen molar-refractivity contribution in [2.75, 3.05) is 5.75 Å². The third-order valence-electron chi connectivity index (χ3n) is 5.99. The van der Waals surface area contributed by atoms with E-state index in [1.807, 2.05) is 30.3 Å². The van der Waals surface area contributed by atoms with Crippen molar-refractivity contribution in [1.29, 1.82) is 0 Å². The molecule has 0 bridgehead atoms. The number of aromatic amines is 1. The number of H-pyrrole nitrogens is 1. The third kappa shape index (κ3) is 4.56. The highest BCUT2D eigenvalue weighted by molar-refractivity contribution is 8.17. The summed E-state index contributed by atoms with van der Waals surface area (Å²) in [4.78, 5) is 27.5. The normalized spacial score (nSPS) is 18.8. The Labute approximate surface area is 203 Å². The van der Waals surface area contributed by atoms with Crippen LogP contribution >= 0.6 is 10.9 Å². The van der Waals surface area contributed by atoms with E-state index in [9.17, 15) is 31.5 Å². The molecule has 5 rings (SSSR count). The number of aromatic nitrogens is 2. The van der Waals surface area contributed by atoms with E-state index in [1.54, 1.807) is 0 Å². The summed E-state index contributed by atoms with van der Waals surface area (Å²) >= 11 is 0. The Balaban J connectivity index is 1.73. The average Bonchev–Trinajstić information content (AvgIpc) is 2.99. The first-order valence-corrected chi connectivity index (χ1v) is 12.4. The Bertz CT molecular complexity index is 1570. The van der Waals surface area contributed by atoms with E-state index < -0.39 is 51.6 Å². The minimum atomic E-state index is -4.80. The van der Waals surface area contributed by atoms with Gasteiger partial charge >= 0.3 is 11.9 Å². The first kappa shape index (κ1) is 24.3. The summed E-state index contributed by atoms with van der Waals surface area (Å²) in [6.45, 7) is 0.0743. The minimum absolute atomic E-state index is 0.00140. The van der Waals surface area contributed by atoms with Crippen molar-refractivity contribution in [2.45, 2.75) is 35.2 Å². The number of ether oxygens (including phenoxy) is 1. The fraction of sp³-hybridized carbons (Fsp3) is 0.200. The van der Waals surface area contributed by atoms with Crippen molar-refractivity contribution in [3.63, 3.8) is 0 Å². The molecule has 5 nitrogen and oxygen atoms in total. The Hall–Kier alpha value is -3.44. The lowest BCUT2D eigenvalue weighted by Crippen LogP contribution is -2.34. The van der Waals surface area contributed by atoms with Crippen molar-refractivity contribution < 1.29 is 26.7 Å². The van der Waals surface area contributed by atoms with Gasteiger partial charge in [0, 0.05) is 21.6 Å². The maximum absolute atomic E-state index is 15.0. The Morgan fingerprint density at radius 3 is 2.44 bits per heavy atom. The predicted molar refractivity (Wildman–Crippen MR) is 126 cm³/mol. The smallest absolute Gasteiger partial charge is 0.371 e. The molecule has 3 aromatic carbocycles. The maximum Gasteiger partial charge on any atom is 0.416 e. The van der Waals surface area contributed by atoms with Crippen LogP contribution in [0.15, 0.2) is 80.0 Å². The van der Waals surface area contributed by atoms with Gasteiger partial charge in [-0.3, -0.25) is 14.3 Å². The minimum Gasteiger partial charge on any atom is -0.371 e. The van der Waals surface area contributed by atoms with Crippen molar-refractivity contribution >= 4 is 21.8 Å². The van der Waals surface area contributed by atoms with Crippen molar-refractivity contribution in [3.8, 4) is 0 Å². The number of hydrogen-bond acceptors (Lipinski definition) is 3. The molecule has 2 atom stereocenters. The first-order chi connectivity index (χ1) is 17.1. The molecule has 1 aliphatic rings. The Kier molecular flexibility index (Phi) is 6.21. The quantitative estimate of drug-likeness (QED) is 0.293. The molecule has 1 aliphatic heterocycles. The van der Waals surface area contributed by atoms with Crippen LogP contribution in [0.5, 0.6) is 0 Å². The molecule has 36 heavy (non-hydrogen) atoms. The Morgan fingerprint density at radius 2 is 1.75 bits per heavy atom. The number of rotatable bonds is 4. The van der Waals surface area contributed by atoms with Crippen molar-refractivity contribution in [1.82, 2.24) is 9.55 Å². The van der Waals surface area contributed by atoms with Crippen molar-refractivity contribution in [2.24, 2.45) is 0 Å². The molecule has 11 heteroatoms. The van der Waals surface area contributed by atoms with Crippen LogP contribution in [0.1, 0.15) is 11.1 Å². The molecule has 0 amide bonds. The van der Waals surface area contributed by atoms with E-state index >= 15 is 0 Å². The summed E-state index contributed by atoms with van der Waals surface area (Å²) in [7, 11) is -1.92. The van der Waals surface area contributed by atoms with E-state index in [0.717, 1.165) is 17.7 Å². The van der Waals surface area contributed by atoms with Crippen molar-refractivity contribution in [3.05, 3.63) is 104 Å². The molecule has 1 N–H and O–H groups in total. The summed E-state index contributed by atoms with van der Waals surface area (Å²) < 4.78 is 77.2. The predicted octanol–water partition coefficient (Wildman–Crippen LogP) is 5.01. The number of nitrogens with one attached hydrogen (secondary N) is 1. The number of alkyl halides is 3. The van der Waals surface area contributed by atoms with Crippen LogP contribution in [0.3, 0.4) is 0 Å². The standard InChI is InChI=1S/C25H19F5N2O3S/c26-16-6-7-20(19(27)10-16)36-13-17(35-12-14-4-2-1-3-5-14)11-32-22-18(23(33)31-24(32)34)8-15(9-21(22)36)25(28,29)30/h1-10,17,36H,11-13H2,(H,31,33,34)/t17-/m0/s1. The fourth-order valence-electron chi connectivity index (χ4n) is 4.34. The van der Waals surface area contributed by atoms with Crippen LogP contribution in [0.4, 0.5) is 22.0 Å². The summed E-state index contributed by atoms with van der Waals surface area (Å²) in [5.41, 5.74) is -2.05. The average molecular weight is 522 g/mol. The monoisotopic (exact) mass is 522 g/mol. The lowest BCUT2D eigenvalue weighted by molar-refractivity contribution is -0.137. The second-order valence-corrected chi connectivity index (χ2v) is 10.6. The van der Waals surface area contributed by atoms with Gasteiger partial charge in [-0.1, -0.05) is 30.3 Å². The molecular weight excluding hydrogens is 503 g/mol. The van der Waals surface area contributed by atoms with Crippen LogP contribution < -0.4 is 11.2 Å². The lowest BCUT2D eigenvalue weighted by Gasteiger charge is -2.26. The number of thiol groups is 1. The molecule has 1 aromatic heterocycles. The molecule has 188 valence electrons. The summed E-state index contributed by atoms with van der Waals surface area (Å²) in [6.07, 6.45) is -5.51. The molecule has 0 spiro atoms. The van der Waals surface area contributed by atoms with E-state index in [1.165, 1.54) is 10.6 Å². The molecule has 0 saturated heterocycles. The van der Waals surface area contributed by atoms with Gasteiger partial charge in [0.05, 0.1) is 35.7 Å².